The van der Waals surface area contributed by atoms with Crippen LogP contribution in [0.5, 0.6) is 0 Å². The van der Waals surface area contributed by atoms with E-state index in [-0.39, 0.29) is 5.91 Å². The molecule has 1 aliphatic rings. The van der Waals surface area contributed by atoms with Crippen LogP contribution in [0.1, 0.15) is 50.5 Å². The summed E-state index contributed by atoms with van der Waals surface area (Å²) in [7, 11) is 3.13. The molecule has 0 radical (unpaired) electrons. The fourth-order valence-corrected chi connectivity index (χ4v) is 3.80. The van der Waals surface area contributed by atoms with Gasteiger partial charge in [-0.3, -0.25) is 4.79 Å². The van der Waals surface area contributed by atoms with Crippen LogP contribution in [-0.4, -0.2) is 49.0 Å². The highest BCUT2D eigenvalue weighted by Gasteiger charge is 2.25. The Labute approximate surface area is 160 Å². The standard InChI is InChI=1S/C21H27N3O3/c1-14-18(21(26)27-4)15(2)22-19(14)20(25)23(3)13-16-9-5-6-10-17(16)24-11-7-8-12-24/h5-6,9-10,22H,7-8,11-13H2,1-4H3. The molecule has 0 bridgehead atoms. The molecule has 1 amide bonds. The molecule has 1 aliphatic heterocycles. The topological polar surface area (TPSA) is 65.6 Å². The van der Waals surface area contributed by atoms with E-state index in [0.29, 0.717) is 29.1 Å². The van der Waals surface area contributed by atoms with Crippen molar-refractivity contribution < 1.29 is 14.3 Å². The van der Waals surface area contributed by atoms with Gasteiger partial charge in [-0.1, -0.05) is 18.2 Å². The molecule has 1 fully saturated rings. The van der Waals surface area contributed by atoms with Crippen molar-refractivity contribution in [3.8, 4) is 0 Å². The van der Waals surface area contributed by atoms with Crippen LogP contribution in [0.3, 0.4) is 0 Å². The highest BCUT2D eigenvalue weighted by molar-refractivity contribution is 6.00. The summed E-state index contributed by atoms with van der Waals surface area (Å²) in [6.45, 7) is 6.18. The third-order valence-electron chi connectivity index (χ3n) is 5.23. The fraction of sp³-hybridized carbons (Fsp3) is 0.429. The lowest BCUT2D eigenvalue weighted by Gasteiger charge is -2.24. The summed E-state index contributed by atoms with van der Waals surface area (Å²) in [5.74, 6) is -0.565. The van der Waals surface area contributed by atoms with E-state index in [9.17, 15) is 9.59 Å². The number of H-pyrrole nitrogens is 1. The minimum atomic E-state index is -0.428. The Hall–Kier alpha value is -2.76. The number of rotatable bonds is 5. The number of hydrogen-bond donors (Lipinski definition) is 1. The van der Waals surface area contributed by atoms with Gasteiger partial charge in [-0.05, 0) is 43.9 Å². The summed E-state index contributed by atoms with van der Waals surface area (Å²) in [5.41, 5.74) is 4.48. The van der Waals surface area contributed by atoms with Gasteiger partial charge in [0.2, 0.25) is 0 Å². The molecule has 144 valence electrons. The Bertz CT molecular complexity index is 850. The minimum absolute atomic E-state index is 0.137. The number of carbonyl (C=O) groups is 2. The number of hydrogen-bond acceptors (Lipinski definition) is 4. The van der Waals surface area contributed by atoms with Crippen molar-refractivity contribution in [3.63, 3.8) is 0 Å². The first-order valence-electron chi connectivity index (χ1n) is 9.29. The van der Waals surface area contributed by atoms with E-state index in [4.69, 9.17) is 4.74 Å². The number of benzene rings is 1. The van der Waals surface area contributed by atoms with Crippen molar-refractivity contribution in [2.45, 2.75) is 33.2 Å². The number of nitrogens with one attached hydrogen (secondary N) is 1. The number of esters is 1. The smallest absolute Gasteiger partial charge is 0.339 e. The number of amides is 1. The number of aromatic nitrogens is 1. The van der Waals surface area contributed by atoms with Crippen molar-refractivity contribution in [2.75, 3.05) is 32.1 Å². The molecule has 2 heterocycles. The quantitative estimate of drug-likeness (QED) is 0.822. The van der Waals surface area contributed by atoms with Crippen LogP contribution < -0.4 is 4.90 Å². The van der Waals surface area contributed by atoms with Crippen LogP contribution in [-0.2, 0) is 11.3 Å². The molecule has 1 aromatic heterocycles. The second kappa shape index (κ2) is 7.86. The summed E-state index contributed by atoms with van der Waals surface area (Å²) >= 11 is 0. The van der Waals surface area contributed by atoms with Gasteiger partial charge in [-0.25, -0.2) is 4.79 Å². The van der Waals surface area contributed by atoms with Crippen LogP contribution in [0.2, 0.25) is 0 Å². The molecule has 1 aromatic carbocycles. The van der Waals surface area contributed by atoms with E-state index in [2.05, 4.69) is 22.0 Å². The Kier molecular flexibility index (Phi) is 5.54. The lowest BCUT2D eigenvalue weighted by molar-refractivity contribution is 0.0599. The number of para-hydroxylation sites is 1. The summed E-state index contributed by atoms with van der Waals surface area (Å²) in [6, 6.07) is 8.25. The van der Waals surface area contributed by atoms with Gasteiger partial charge < -0.3 is 19.5 Å². The van der Waals surface area contributed by atoms with Crippen molar-refractivity contribution in [2.24, 2.45) is 0 Å². The average Bonchev–Trinajstić information content (AvgIpc) is 3.29. The van der Waals surface area contributed by atoms with E-state index in [1.54, 1.807) is 25.8 Å². The Balaban J connectivity index is 1.83. The summed E-state index contributed by atoms with van der Waals surface area (Å²) in [5, 5.41) is 0. The fourth-order valence-electron chi connectivity index (χ4n) is 3.80. The first kappa shape index (κ1) is 19.0. The van der Waals surface area contributed by atoms with Gasteiger partial charge in [0, 0.05) is 38.1 Å². The van der Waals surface area contributed by atoms with Gasteiger partial charge >= 0.3 is 5.97 Å². The van der Waals surface area contributed by atoms with E-state index in [1.807, 2.05) is 12.1 Å². The lowest BCUT2D eigenvalue weighted by atomic mass is 10.1. The molecule has 1 N–H and O–H groups in total. The third kappa shape index (κ3) is 3.70. The summed E-state index contributed by atoms with van der Waals surface area (Å²) < 4.78 is 4.83. The predicted molar refractivity (Wildman–Crippen MR) is 105 cm³/mol. The van der Waals surface area contributed by atoms with Gasteiger partial charge in [0.25, 0.3) is 5.91 Å². The number of aryl methyl sites for hydroxylation is 1. The number of anilines is 1. The molecule has 0 unspecified atom stereocenters. The Morgan fingerprint density at radius 3 is 2.52 bits per heavy atom. The number of carbonyl (C=O) groups excluding carboxylic acids is 2. The molecule has 27 heavy (non-hydrogen) atoms. The molecule has 0 aliphatic carbocycles. The first-order valence-corrected chi connectivity index (χ1v) is 9.29. The molecular formula is C21H27N3O3. The Morgan fingerprint density at radius 2 is 1.85 bits per heavy atom. The van der Waals surface area contributed by atoms with Gasteiger partial charge in [0.1, 0.15) is 5.69 Å². The molecule has 3 rings (SSSR count). The normalized spacial score (nSPS) is 13.7. The molecular weight excluding hydrogens is 342 g/mol. The predicted octanol–water partition coefficient (Wildman–Crippen LogP) is 3.29. The van der Waals surface area contributed by atoms with E-state index in [1.165, 1.54) is 25.6 Å². The van der Waals surface area contributed by atoms with Crippen molar-refractivity contribution in [3.05, 3.63) is 52.3 Å². The average molecular weight is 369 g/mol. The zero-order chi connectivity index (χ0) is 19.6. The minimum Gasteiger partial charge on any atom is -0.465 e. The number of nitrogens with zero attached hydrogens (tertiary/aromatic N) is 2. The van der Waals surface area contributed by atoms with Crippen molar-refractivity contribution >= 4 is 17.6 Å². The zero-order valence-electron chi connectivity index (χ0n) is 16.5. The largest absolute Gasteiger partial charge is 0.465 e. The molecule has 0 saturated carbocycles. The number of aromatic amines is 1. The lowest BCUT2D eigenvalue weighted by Crippen LogP contribution is -2.28. The maximum Gasteiger partial charge on any atom is 0.339 e. The Morgan fingerprint density at radius 1 is 1.19 bits per heavy atom. The van der Waals surface area contributed by atoms with Crippen LogP contribution in [0, 0.1) is 13.8 Å². The third-order valence-corrected chi connectivity index (χ3v) is 5.23. The second-order valence-electron chi connectivity index (χ2n) is 7.10. The van der Waals surface area contributed by atoms with Crippen LogP contribution in [0.4, 0.5) is 5.69 Å². The van der Waals surface area contributed by atoms with Gasteiger partial charge in [-0.15, -0.1) is 0 Å². The van der Waals surface area contributed by atoms with Crippen molar-refractivity contribution in [1.29, 1.82) is 0 Å². The molecule has 0 atom stereocenters. The maximum absolute atomic E-state index is 13.0. The molecule has 2 aromatic rings. The maximum atomic E-state index is 13.0. The van der Waals surface area contributed by atoms with E-state index in [0.717, 1.165) is 18.7 Å². The molecule has 6 heteroatoms. The number of ether oxygens (including phenoxy) is 1. The molecule has 6 nitrogen and oxygen atoms in total. The van der Waals surface area contributed by atoms with E-state index < -0.39 is 5.97 Å². The molecule has 0 spiro atoms. The monoisotopic (exact) mass is 369 g/mol. The van der Waals surface area contributed by atoms with Crippen LogP contribution >= 0.6 is 0 Å². The summed E-state index contributed by atoms with van der Waals surface area (Å²) in [6.07, 6.45) is 2.42. The SMILES string of the molecule is COC(=O)c1c(C)[nH]c(C(=O)N(C)Cc2ccccc2N2CCCC2)c1C. The zero-order valence-corrected chi connectivity index (χ0v) is 16.5. The highest BCUT2D eigenvalue weighted by Crippen LogP contribution is 2.26. The second-order valence-corrected chi connectivity index (χ2v) is 7.10. The van der Waals surface area contributed by atoms with Crippen LogP contribution in [0.25, 0.3) is 0 Å². The molecule has 1 saturated heterocycles. The summed E-state index contributed by atoms with van der Waals surface area (Å²) in [4.78, 5) is 32.1. The van der Waals surface area contributed by atoms with Gasteiger partial charge in [0.05, 0.1) is 12.7 Å². The highest BCUT2D eigenvalue weighted by atomic mass is 16.5. The van der Waals surface area contributed by atoms with E-state index >= 15 is 0 Å². The van der Waals surface area contributed by atoms with Crippen molar-refractivity contribution in [1.82, 2.24) is 9.88 Å². The van der Waals surface area contributed by atoms with Gasteiger partial charge in [0.15, 0.2) is 0 Å². The first-order chi connectivity index (χ1) is 12.9. The number of methoxy groups -OCH3 is 1. The van der Waals surface area contributed by atoms with Gasteiger partial charge in [-0.2, -0.15) is 0 Å². The van der Waals surface area contributed by atoms with Crippen LogP contribution in [0.15, 0.2) is 24.3 Å².